The van der Waals surface area contributed by atoms with Gasteiger partial charge in [-0.2, -0.15) is 16.8 Å². The lowest BCUT2D eigenvalue weighted by atomic mass is 10.1. The molecule has 0 aliphatic rings. The zero-order valence-electron chi connectivity index (χ0n) is 28.9. The Hall–Kier alpha value is -2.50. The van der Waals surface area contributed by atoms with Crippen molar-refractivity contribution >= 4 is 61.0 Å². The standard InChI is InChI=1S/C13H18Cl2N2O2.C13H20N2O.C6H14O6S2/c14-5-7-17(8-6-15)11-3-1-10(2-4-11)9-12(16)13(18)19;1-10(2)15-13(16)12-6-4-11(5-7-12)8-9-14-3;1-13(7,8)11-5-3-4-6-12-14(2,9)10/h1-4,12H,5-9,16H2,(H,18,19);4-7,10,14H,8-9H2,1-3H3,(H,15,16);3-6H2,1-2H3/t12-;;/m0../s1. The van der Waals surface area contributed by atoms with Gasteiger partial charge in [0.1, 0.15) is 6.04 Å². The summed E-state index contributed by atoms with van der Waals surface area (Å²) in [5.41, 5.74) is 9.39. The summed E-state index contributed by atoms with van der Waals surface area (Å²) in [7, 11) is -4.86. The Morgan fingerprint density at radius 1 is 0.857 bits per heavy atom. The molecule has 0 radical (unpaired) electrons. The van der Waals surface area contributed by atoms with Crippen LogP contribution in [0, 0.1) is 0 Å². The number of carbonyl (C=O) groups is 2. The van der Waals surface area contributed by atoms with Crippen molar-refractivity contribution in [2.75, 3.05) is 69.1 Å². The third kappa shape index (κ3) is 25.2. The number of hydrogen-bond donors (Lipinski definition) is 4. The van der Waals surface area contributed by atoms with Gasteiger partial charge in [-0.05, 0) is 88.5 Å². The molecule has 0 heterocycles. The molecule has 0 fully saturated rings. The maximum absolute atomic E-state index is 11.7. The number of nitrogens with zero attached hydrogens (tertiary/aromatic N) is 1. The summed E-state index contributed by atoms with van der Waals surface area (Å²) in [5.74, 6) is 0.0653. The van der Waals surface area contributed by atoms with Gasteiger partial charge in [-0.1, -0.05) is 24.3 Å². The van der Waals surface area contributed by atoms with E-state index in [0.29, 0.717) is 31.0 Å². The molecule has 0 aliphatic heterocycles. The molecule has 0 spiro atoms. The molecule has 13 nitrogen and oxygen atoms in total. The molecular weight excluding hydrogens is 719 g/mol. The Labute approximate surface area is 302 Å². The number of nitrogens with two attached hydrogens (primary N) is 1. The highest BCUT2D eigenvalue weighted by molar-refractivity contribution is 7.86. The monoisotopic (exact) mass is 770 g/mol. The maximum Gasteiger partial charge on any atom is 0.320 e. The van der Waals surface area contributed by atoms with Crippen LogP contribution in [0.2, 0.25) is 0 Å². The number of unbranched alkanes of at least 4 members (excludes halogenated alkanes) is 1. The molecule has 5 N–H and O–H groups in total. The number of benzene rings is 2. The van der Waals surface area contributed by atoms with Gasteiger partial charge < -0.3 is 26.4 Å². The van der Waals surface area contributed by atoms with Crippen molar-refractivity contribution in [1.82, 2.24) is 10.6 Å². The van der Waals surface area contributed by atoms with E-state index >= 15 is 0 Å². The van der Waals surface area contributed by atoms with Gasteiger partial charge in [0.25, 0.3) is 26.1 Å². The summed E-state index contributed by atoms with van der Waals surface area (Å²) in [4.78, 5) is 24.4. The minimum Gasteiger partial charge on any atom is -0.480 e. The smallest absolute Gasteiger partial charge is 0.320 e. The molecule has 1 amide bonds. The van der Waals surface area contributed by atoms with Crippen LogP contribution in [-0.4, -0.2) is 110 Å². The first-order chi connectivity index (χ1) is 22.9. The van der Waals surface area contributed by atoms with E-state index in [4.69, 9.17) is 34.0 Å². The van der Waals surface area contributed by atoms with Crippen LogP contribution < -0.4 is 21.3 Å². The van der Waals surface area contributed by atoms with Gasteiger partial charge in [-0.25, -0.2) is 0 Å². The van der Waals surface area contributed by atoms with Crippen LogP contribution in [0.3, 0.4) is 0 Å². The quantitative estimate of drug-likeness (QED) is 0.0874. The molecule has 0 aliphatic carbocycles. The number of carboxylic acids is 1. The van der Waals surface area contributed by atoms with Crippen molar-refractivity contribution in [2.24, 2.45) is 5.73 Å². The lowest BCUT2D eigenvalue weighted by Crippen LogP contribution is -2.32. The molecule has 0 saturated carbocycles. The largest absolute Gasteiger partial charge is 0.480 e. The normalized spacial score (nSPS) is 11.9. The van der Waals surface area contributed by atoms with Gasteiger partial charge in [0, 0.05) is 42.1 Å². The number of anilines is 1. The van der Waals surface area contributed by atoms with Crippen molar-refractivity contribution in [3.8, 4) is 0 Å². The Kier molecular flexibility index (Phi) is 24.2. The Balaban J connectivity index is 0.000000715. The van der Waals surface area contributed by atoms with Crippen molar-refractivity contribution < 1.29 is 39.9 Å². The molecule has 0 saturated heterocycles. The molecule has 17 heteroatoms. The summed E-state index contributed by atoms with van der Waals surface area (Å²) in [6.07, 6.45) is 4.09. The number of halogens is 2. The van der Waals surface area contributed by atoms with Gasteiger partial charge in [-0.3, -0.25) is 18.0 Å². The Morgan fingerprint density at radius 3 is 1.71 bits per heavy atom. The molecule has 0 bridgehead atoms. The number of amides is 1. The first-order valence-electron chi connectivity index (χ1n) is 15.6. The van der Waals surface area contributed by atoms with Crippen LogP contribution in [0.4, 0.5) is 5.69 Å². The van der Waals surface area contributed by atoms with Crippen LogP contribution in [0.5, 0.6) is 0 Å². The van der Waals surface area contributed by atoms with E-state index in [0.717, 1.165) is 55.4 Å². The number of carbonyl (C=O) groups excluding carboxylic acids is 1. The fourth-order valence-electron chi connectivity index (χ4n) is 3.82. The van der Waals surface area contributed by atoms with Gasteiger partial charge in [0.05, 0.1) is 25.7 Å². The molecule has 0 unspecified atom stereocenters. The highest BCUT2D eigenvalue weighted by Crippen LogP contribution is 2.16. The van der Waals surface area contributed by atoms with E-state index in [1.54, 1.807) is 0 Å². The molecule has 2 aromatic rings. The Bertz CT molecular complexity index is 1390. The minimum atomic E-state index is -3.40. The van der Waals surface area contributed by atoms with Crippen molar-refractivity contribution in [2.45, 2.75) is 51.6 Å². The average Bonchev–Trinajstić information content (AvgIpc) is 3.01. The second kappa shape index (κ2) is 25.5. The number of hydrogen-bond acceptors (Lipinski definition) is 11. The molecule has 49 heavy (non-hydrogen) atoms. The van der Waals surface area contributed by atoms with Crippen molar-refractivity contribution in [3.63, 3.8) is 0 Å². The summed E-state index contributed by atoms with van der Waals surface area (Å²) in [5, 5.41) is 14.7. The highest BCUT2D eigenvalue weighted by atomic mass is 35.5. The second-order valence-electron chi connectivity index (χ2n) is 11.1. The number of rotatable bonds is 20. The lowest BCUT2D eigenvalue weighted by molar-refractivity contribution is -0.138. The number of carboxylic acid groups (broad SMARTS) is 1. The first-order valence-corrected chi connectivity index (χ1v) is 20.3. The first kappa shape index (κ1) is 46.5. The van der Waals surface area contributed by atoms with Crippen LogP contribution in [0.25, 0.3) is 0 Å². The van der Waals surface area contributed by atoms with Crippen LogP contribution in [0.15, 0.2) is 48.5 Å². The summed E-state index contributed by atoms with van der Waals surface area (Å²) in [6, 6.07) is 14.7. The second-order valence-corrected chi connectivity index (χ2v) is 15.2. The summed E-state index contributed by atoms with van der Waals surface area (Å²) < 4.78 is 50.8. The number of aliphatic carboxylic acids is 1. The minimum absolute atomic E-state index is 0.00448. The molecule has 280 valence electrons. The van der Waals surface area contributed by atoms with E-state index in [9.17, 15) is 26.4 Å². The Morgan fingerprint density at radius 2 is 1.33 bits per heavy atom. The molecule has 2 rings (SSSR count). The third-order valence-corrected chi connectivity index (χ3v) is 7.74. The molecule has 2 aromatic carbocycles. The zero-order valence-corrected chi connectivity index (χ0v) is 32.0. The predicted octanol–water partition coefficient (Wildman–Crippen LogP) is 3.23. The van der Waals surface area contributed by atoms with Crippen LogP contribution >= 0.6 is 23.2 Å². The SMILES string of the molecule is CNCCc1ccc(C(=O)NC(C)C)cc1.CS(=O)(=O)OCCCCOS(C)(=O)=O.N[C@@H](Cc1ccc(N(CCCl)CCCl)cc1)C(=O)O. The third-order valence-electron chi connectivity index (χ3n) is 6.22. The zero-order chi connectivity index (χ0) is 37.5. The van der Waals surface area contributed by atoms with E-state index in [2.05, 4.69) is 23.9 Å². The van der Waals surface area contributed by atoms with Gasteiger partial charge in [0.15, 0.2) is 0 Å². The van der Waals surface area contributed by atoms with Crippen LogP contribution in [0.1, 0.15) is 48.2 Å². The predicted molar refractivity (Wildman–Crippen MR) is 197 cm³/mol. The highest BCUT2D eigenvalue weighted by Gasteiger charge is 2.13. The molecule has 1 atom stereocenters. The fourth-order valence-corrected chi connectivity index (χ4v) is 5.07. The lowest BCUT2D eigenvalue weighted by Gasteiger charge is -2.23. The van der Waals surface area contributed by atoms with Gasteiger partial charge in [0.2, 0.25) is 0 Å². The maximum atomic E-state index is 11.7. The number of nitrogens with one attached hydrogen (secondary N) is 2. The summed E-state index contributed by atoms with van der Waals surface area (Å²) in [6.45, 7) is 6.42. The number of alkyl halides is 2. The fraction of sp³-hybridized carbons (Fsp3) is 0.562. The summed E-state index contributed by atoms with van der Waals surface area (Å²) >= 11 is 11.5. The topological polar surface area (TPSA) is 194 Å². The number of likely N-dealkylation sites (N-methyl/N-ethyl adjacent to an activating group) is 1. The average molecular weight is 772 g/mol. The molecule has 0 aromatic heterocycles. The van der Waals surface area contributed by atoms with Crippen molar-refractivity contribution in [3.05, 3.63) is 65.2 Å². The van der Waals surface area contributed by atoms with E-state index < -0.39 is 32.2 Å². The van der Waals surface area contributed by atoms with Crippen LogP contribution in [-0.2, 0) is 46.2 Å². The van der Waals surface area contributed by atoms with E-state index in [-0.39, 0.29) is 25.2 Å². The van der Waals surface area contributed by atoms with E-state index in [1.807, 2.05) is 69.4 Å². The van der Waals surface area contributed by atoms with Gasteiger partial charge >= 0.3 is 5.97 Å². The van der Waals surface area contributed by atoms with E-state index in [1.165, 1.54) is 5.56 Å². The molecular formula is C32H52Cl2N4O9S2. The van der Waals surface area contributed by atoms with Crippen molar-refractivity contribution in [1.29, 1.82) is 0 Å². The van der Waals surface area contributed by atoms with Gasteiger partial charge in [-0.15, -0.1) is 23.2 Å².